The Morgan fingerprint density at radius 2 is 1.90 bits per heavy atom. The lowest BCUT2D eigenvalue weighted by Gasteiger charge is -2.20. The minimum absolute atomic E-state index is 0.0403. The van der Waals surface area contributed by atoms with Gasteiger partial charge in [-0.3, -0.25) is 19.1 Å². The zero-order valence-electron chi connectivity index (χ0n) is 23.1. The second kappa shape index (κ2) is 12.1. The number of carbonyl (C=O) groups is 1. The molecule has 1 aliphatic carbocycles. The molecule has 3 aromatic rings. The highest BCUT2D eigenvalue weighted by molar-refractivity contribution is 7.90. The quantitative estimate of drug-likeness (QED) is 0.322. The molecule has 208 valence electrons. The molecule has 2 aliphatic rings. The molecule has 2 unspecified atom stereocenters. The first kappa shape index (κ1) is 27.7. The summed E-state index contributed by atoms with van der Waals surface area (Å²) in [5.74, 6) is 1.99. The van der Waals surface area contributed by atoms with Crippen molar-refractivity contribution in [2.45, 2.75) is 70.8 Å². The fourth-order valence-corrected chi connectivity index (χ4v) is 6.63. The second-order valence-corrected chi connectivity index (χ2v) is 12.5. The zero-order valence-corrected chi connectivity index (χ0v) is 23.9. The normalized spacial score (nSPS) is 19.7. The first-order chi connectivity index (χ1) is 18.8. The highest BCUT2D eigenvalue weighted by Crippen LogP contribution is 2.32. The molecular weight excluding hydrogens is 512 g/mol. The molecule has 3 aromatic heterocycles. The second-order valence-electron chi connectivity index (χ2n) is 10.9. The minimum Gasteiger partial charge on any atom is -0.617 e. The number of nitrogens with one attached hydrogen (secondary N) is 1. The smallest absolute Gasteiger partial charge is 0.263 e. The summed E-state index contributed by atoms with van der Waals surface area (Å²) in [6.45, 7) is 6.21. The van der Waals surface area contributed by atoms with Crippen LogP contribution >= 0.6 is 0 Å². The molecule has 1 aliphatic heterocycles. The summed E-state index contributed by atoms with van der Waals surface area (Å²) < 4.78 is 13.2. The van der Waals surface area contributed by atoms with E-state index in [9.17, 15) is 14.1 Å². The molecule has 0 spiro atoms. The van der Waals surface area contributed by atoms with Gasteiger partial charge in [-0.25, -0.2) is 9.97 Å². The average Bonchev–Trinajstić information content (AvgIpc) is 3.32. The molecule has 2 atom stereocenters. The van der Waals surface area contributed by atoms with E-state index in [2.05, 4.69) is 26.3 Å². The summed E-state index contributed by atoms with van der Waals surface area (Å²) in [5, 5.41) is 3.94. The highest BCUT2D eigenvalue weighted by atomic mass is 32.2. The van der Waals surface area contributed by atoms with E-state index in [4.69, 9.17) is 4.98 Å². The number of rotatable bonds is 8. The van der Waals surface area contributed by atoms with E-state index in [1.54, 1.807) is 23.9 Å². The van der Waals surface area contributed by atoms with Crippen LogP contribution in [-0.2, 0) is 11.2 Å². The molecule has 1 saturated carbocycles. The number of hydrogen-bond acceptors (Lipinski definition) is 8. The monoisotopic (exact) mass is 550 g/mol. The Labute approximate surface area is 232 Å². The molecular formula is C29H38N6O3S. The standard InChI is InChI=1S/C29H38N6O3S/c1-19-24-18-31-29(33-27(24)35(23-8-4-5-9-23)28(37)26(19)20(2)36)32-25-11-10-22(17-30-25)21-7-6-13-34(14-12-21)15-16-39(3)38/h10-11,17-18,21,23H,4-9,12-16H2,1-3H3,(H,30,31,32,33). The molecule has 9 nitrogen and oxygen atoms in total. The van der Waals surface area contributed by atoms with E-state index in [-0.39, 0.29) is 22.9 Å². The third-order valence-electron chi connectivity index (χ3n) is 8.26. The number of hydrogen-bond donors (Lipinski definition) is 1. The van der Waals surface area contributed by atoms with Crippen LogP contribution in [0.5, 0.6) is 0 Å². The summed E-state index contributed by atoms with van der Waals surface area (Å²) in [4.78, 5) is 42.1. The molecule has 2 fully saturated rings. The first-order valence-corrected chi connectivity index (χ1v) is 15.7. The van der Waals surface area contributed by atoms with Crippen molar-refractivity contribution in [1.82, 2.24) is 24.4 Å². The van der Waals surface area contributed by atoms with Crippen molar-refractivity contribution in [1.29, 1.82) is 0 Å². The molecule has 39 heavy (non-hydrogen) atoms. The number of likely N-dealkylation sites (tertiary alicyclic amines) is 1. The Bertz CT molecular complexity index is 1380. The topological polar surface area (TPSA) is 116 Å². The van der Waals surface area contributed by atoms with Gasteiger partial charge in [0.05, 0.1) is 11.8 Å². The van der Waals surface area contributed by atoms with Crippen molar-refractivity contribution >= 4 is 39.8 Å². The fourth-order valence-electron chi connectivity index (χ4n) is 6.11. The van der Waals surface area contributed by atoms with Crippen LogP contribution < -0.4 is 10.9 Å². The fraction of sp³-hybridized carbons (Fsp3) is 0.552. The lowest BCUT2D eigenvalue weighted by molar-refractivity contribution is 0.101. The third-order valence-corrected chi connectivity index (χ3v) is 9.02. The van der Waals surface area contributed by atoms with Gasteiger partial charge in [-0.2, -0.15) is 4.98 Å². The molecule has 0 radical (unpaired) electrons. The van der Waals surface area contributed by atoms with E-state index in [1.807, 2.05) is 12.3 Å². The number of Topliss-reactive ketones (excluding diaryl/α,β-unsaturated/α-hetero) is 1. The number of ketones is 1. The number of aromatic nitrogens is 4. The van der Waals surface area contributed by atoms with E-state index in [1.165, 1.54) is 12.5 Å². The Morgan fingerprint density at radius 3 is 2.59 bits per heavy atom. The maximum Gasteiger partial charge on any atom is 0.263 e. The van der Waals surface area contributed by atoms with Crippen LogP contribution in [0.1, 0.15) is 85.3 Å². The molecule has 1 N–H and O–H groups in total. The van der Waals surface area contributed by atoms with Gasteiger partial charge in [0, 0.05) is 30.4 Å². The molecule has 5 rings (SSSR count). The van der Waals surface area contributed by atoms with Crippen molar-refractivity contribution in [3.05, 3.63) is 51.6 Å². The number of pyridine rings is 2. The zero-order chi connectivity index (χ0) is 27.5. The summed E-state index contributed by atoms with van der Waals surface area (Å²) in [6.07, 6.45) is 12.7. The predicted octanol–water partition coefficient (Wildman–Crippen LogP) is 4.50. The van der Waals surface area contributed by atoms with Crippen molar-refractivity contribution in [3.63, 3.8) is 0 Å². The summed E-state index contributed by atoms with van der Waals surface area (Å²) >= 11 is -0.752. The first-order valence-electron chi connectivity index (χ1n) is 14.0. The van der Waals surface area contributed by atoms with Gasteiger partial charge < -0.3 is 9.87 Å². The van der Waals surface area contributed by atoms with Gasteiger partial charge in [0.15, 0.2) is 5.78 Å². The number of fused-ring (bicyclic) bond motifs is 1. The Morgan fingerprint density at radius 1 is 1.10 bits per heavy atom. The van der Waals surface area contributed by atoms with E-state index in [0.717, 1.165) is 75.7 Å². The van der Waals surface area contributed by atoms with Crippen molar-refractivity contribution < 1.29 is 9.35 Å². The Hall–Kier alpha value is -2.82. The Balaban J connectivity index is 1.35. The van der Waals surface area contributed by atoms with Crippen molar-refractivity contribution in [3.8, 4) is 0 Å². The number of aryl methyl sites for hydroxylation is 1. The molecule has 1 saturated heterocycles. The number of carbonyl (C=O) groups excluding carboxylic acids is 1. The molecule has 0 amide bonds. The van der Waals surface area contributed by atoms with Gasteiger partial charge in [-0.05, 0) is 82.2 Å². The van der Waals surface area contributed by atoms with Crippen LogP contribution in [0.2, 0.25) is 0 Å². The predicted molar refractivity (Wildman–Crippen MR) is 156 cm³/mol. The number of anilines is 2. The minimum atomic E-state index is -0.752. The van der Waals surface area contributed by atoms with Crippen LogP contribution in [-0.4, -0.2) is 66.4 Å². The van der Waals surface area contributed by atoms with Gasteiger partial charge in [-0.1, -0.05) is 30.1 Å². The molecule has 4 heterocycles. The lowest BCUT2D eigenvalue weighted by Crippen LogP contribution is -2.30. The summed E-state index contributed by atoms with van der Waals surface area (Å²) in [5.41, 5.74) is 2.41. The molecule has 0 aromatic carbocycles. The SMILES string of the molecule is CC(=O)c1c(C)c2cnc(Nc3ccc(C4CCCN(CC[S+](C)[O-])CC4)cn3)nc2n(C2CCCC2)c1=O. The van der Waals surface area contributed by atoms with Gasteiger partial charge in [0.25, 0.3) is 5.56 Å². The maximum absolute atomic E-state index is 13.4. The van der Waals surface area contributed by atoms with Gasteiger partial charge in [-0.15, -0.1) is 0 Å². The largest absolute Gasteiger partial charge is 0.617 e. The van der Waals surface area contributed by atoms with E-state index in [0.29, 0.717) is 28.9 Å². The van der Waals surface area contributed by atoms with E-state index >= 15 is 0 Å². The van der Waals surface area contributed by atoms with Crippen LogP contribution in [0.25, 0.3) is 11.0 Å². The van der Waals surface area contributed by atoms with Gasteiger partial charge >= 0.3 is 0 Å². The molecule has 0 bridgehead atoms. The third kappa shape index (κ3) is 6.18. The van der Waals surface area contributed by atoms with Crippen molar-refractivity contribution in [2.24, 2.45) is 0 Å². The maximum atomic E-state index is 13.4. The lowest BCUT2D eigenvalue weighted by atomic mass is 9.93. The summed E-state index contributed by atoms with van der Waals surface area (Å²) in [7, 11) is 0. The highest BCUT2D eigenvalue weighted by Gasteiger charge is 2.26. The summed E-state index contributed by atoms with van der Waals surface area (Å²) in [6, 6.07) is 4.12. The van der Waals surface area contributed by atoms with E-state index < -0.39 is 11.2 Å². The van der Waals surface area contributed by atoms with Crippen molar-refractivity contribution in [2.75, 3.05) is 37.0 Å². The van der Waals surface area contributed by atoms with Crippen LogP contribution in [0.3, 0.4) is 0 Å². The average molecular weight is 551 g/mol. The van der Waals surface area contributed by atoms with Crippen LogP contribution in [0.4, 0.5) is 11.8 Å². The van der Waals surface area contributed by atoms with Gasteiger partial charge in [0.2, 0.25) is 5.95 Å². The Kier molecular flexibility index (Phi) is 8.64. The van der Waals surface area contributed by atoms with Crippen LogP contribution in [0.15, 0.2) is 29.3 Å². The van der Waals surface area contributed by atoms with Crippen LogP contribution in [0, 0.1) is 6.92 Å². The van der Waals surface area contributed by atoms with Gasteiger partial charge in [0.1, 0.15) is 17.2 Å². The number of nitrogens with zero attached hydrogens (tertiary/aromatic N) is 5. The molecule has 10 heteroatoms.